The van der Waals surface area contributed by atoms with Gasteiger partial charge in [0, 0.05) is 11.5 Å². The molecule has 1 atom stereocenters. The number of hydrogen-bond donors (Lipinski definition) is 2. The summed E-state index contributed by atoms with van der Waals surface area (Å²) in [7, 11) is 1.37. The van der Waals surface area contributed by atoms with Crippen molar-refractivity contribution in [2.24, 2.45) is 0 Å². The lowest BCUT2D eigenvalue weighted by molar-refractivity contribution is -0.137. The van der Waals surface area contributed by atoms with E-state index in [1.54, 1.807) is 6.07 Å². The summed E-state index contributed by atoms with van der Waals surface area (Å²) >= 11 is 3.16. The van der Waals surface area contributed by atoms with E-state index in [9.17, 15) is 19.5 Å². The molecule has 1 aromatic rings. The van der Waals surface area contributed by atoms with Crippen molar-refractivity contribution in [1.82, 2.24) is 10.2 Å². The van der Waals surface area contributed by atoms with Gasteiger partial charge in [-0.2, -0.15) is 0 Å². The number of carbonyl (C=O) groups is 3. The van der Waals surface area contributed by atoms with Gasteiger partial charge in [-0.25, -0.2) is 0 Å². The molecule has 1 saturated heterocycles. The van der Waals surface area contributed by atoms with Gasteiger partial charge in [0.1, 0.15) is 11.8 Å². The number of nitrogens with zero attached hydrogens (tertiary/aromatic N) is 1. The Hall–Kier alpha value is -1.89. The topological polar surface area (TPSA) is 86.7 Å². The van der Waals surface area contributed by atoms with Gasteiger partial charge in [-0.3, -0.25) is 19.3 Å². The summed E-state index contributed by atoms with van der Waals surface area (Å²) < 4.78 is 0.633. The van der Waals surface area contributed by atoms with Crippen molar-refractivity contribution >= 4 is 33.7 Å². The molecular weight excluding hydrogens is 316 g/mol. The number of imide groups is 1. The second-order valence-corrected chi connectivity index (χ2v) is 5.10. The Morgan fingerprint density at radius 1 is 1.47 bits per heavy atom. The van der Waals surface area contributed by atoms with E-state index in [-0.39, 0.29) is 23.6 Å². The number of nitrogens with one attached hydrogen (secondary N) is 1. The van der Waals surface area contributed by atoms with Crippen LogP contribution >= 0.6 is 15.9 Å². The van der Waals surface area contributed by atoms with Gasteiger partial charge in [0.15, 0.2) is 0 Å². The third-order valence-corrected chi connectivity index (χ3v) is 3.38. The molecule has 100 valence electrons. The highest BCUT2D eigenvalue weighted by atomic mass is 79.9. The van der Waals surface area contributed by atoms with E-state index in [0.29, 0.717) is 4.47 Å². The normalized spacial score (nSPS) is 18.8. The van der Waals surface area contributed by atoms with Crippen LogP contribution in [0, 0.1) is 0 Å². The molecule has 1 fully saturated rings. The van der Waals surface area contributed by atoms with Crippen LogP contribution in [-0.2, 0) is 9.59 Å². The van der Waals surface area contributed by atoms with Gasteiger partial charge in [-0.15, -0.1) is 0 Å². The molecule has 0 aliphatic carbocycles. The Kier molecular flexibility index (Phi) is 3.57. The molecule has 2 rings (SSSR count). The molecule has 0 spiro atoms. The zero-order valence-electron chi connectivity index (χ0n) is 10.0. The van der Waals surface area contributed by atoms with E-state index >= 15 is 0 Å². The zero-order valence-corrected chi connectivity index (χ0v) is 11.6. The lowest BCUT2D eigenvalue weighted by Crippen LogP contribution is -2.40. The van der Waals surface area contributed by atoms with Crippen LogP contribution in [0.5, 0.6) is 5.75 Å². The third kappa shape index (κ3) is 2.60. The van der Waals surface area contributed by atoms with Crippen LogP contribution in [0.25, 0.3) is 0 Å². The summed E-state index contributed by atoms with van der Waals surface area (Å²) in [6.07, 6.45) is -0.0572. The first-order valence-corrected chi connectivity index (χ1v) is 6.29. The number of hydrogen-bond acceptors (Lipinski definition) is 4. The minimum absolute atomic E-state index is 0.0537. The zero-order chi connectivity index (χ0) is 14.2. The van der Waals surface area contributed by atoms with Gasteiger partial charge >= 0.3 is 0 Å². The fraction of sp³-hybridized carbons (Fsp3) is 0.250. The maximum Gasteiger partial charge on any atom is 0.255 e. The highest BCUT2D eigenvalue weighted by Gasteiger charge is 2.37. The molecule has 0 radical (unpaired) electrons. The summed E-state index contributed by atoms with van der Waals surface area (Å²) in [5, 5.41) is 12.1. The van der Waals surface area contributed by atoms with Gasteiger partial charge < -0.3 is 10.4 Å². The number of benzene rings is 1. The number of rotatable bonds is 2. The molecule has 1 aliphatic heterocycles. The largest absolute Gasteiger partial charge is 0.507 e. The van der Waals surface area contributed by atoms with Crippen molar-refractivity contribution < 1.29 is 19.5 Å². The van der Waals surface area contributed by atoms with Gasteiger partial charge in [0.05, 0.1) is 12.0 Å². The van der Waals surface area contributed by atoms with Crippen LogP contribution < -0.4 is 5.32 Å². The minimum Gasteiger partial charge on any atom is -0.507 e. The van der Waals surface area contributed by atoms with E-state index in [0.717, 1.165) is 4.90 Å². The number of aromatic hydroxyl groups is 1. The van der Waals surface area contributed by atoms with Crippen molar-refractivity contribution in [2.45, 2.75) is 12.5 Å². The molecule has 1 heterocycles. The molecule has 3 amide bonds. The molecule has 1 aliphatic rings. The molecule has 0 bridgehead atoms. The molecular formula is C12H11BrN2O4. The van der Waals surface area contributed by atoms with Gasteiger partial charge in [-0.1, -0.05) is 15.9 Å². The fourth-order valence-corrected chi connectivity index (χ4v) is 2.15. The standard InChI is InChI=1S/C12H11BrN2O4/c1-15-10(17)5-8(12(15)19)14-11(18)7-3-2-6(13)4-9(7)16/h2-4,8,16H,5H2,1H3,(H,14,18). The summed E-state index contributed by atoms with van der Waals surface area (Å²) in [5.74, 6) is -1.58. The molecule has 0 aromatic heterocycles. The molecule has 1 unspecified atom stereocenters. The van der Waals surface area contributed by atoms with Crippen molar-refractivity contribution in [1.29, 1.82) is 0 Å². The molecule has 1 aromatic carbocycles. The predicted octanol–water partition coefficient (Wildman–Crippen LogP) is 0.642. The lowest BCUT2D eigenvalue weighted by atomic mass is 10.1. The van der Waals surface area contributed by atoms with E-state index in [4.69, 9.17) is 0 Å². The summed E-state index contributed by atoms with van der Waals surface area (Å²) in [4.78, 5) is 35.9. The number of amides is 3. The maximum atomic E-state index is 11.9. The summed E-state index contributed by atoms with van der Waals surface area (Å²) in [5.41, 5.74) is 0.0537. The first-order chi connectivity index (χ1) is 8.90. The highest BCUT2D eigenvalue weighted by Crippen LogP contribution is 2.22. The van der Waals surface area contributed by atoms with E-state index in [1.165, 1.54) is 19.2 Å². The second kappa shape index (κ2) is 5.00. The van der Waals surface area contributed by atoms with Gasteiger partial charge in [-0.05, 0) is 18.2 Å². The van der Waals surface area contributed by atoms with Crippen LogP contribution in [0.2, 0.25) is 0 Å². The molecule has 6 nitrogen and oxygen atoms in total. The average Bonchev–Trinajstić information content (AvgIpc) is 2.57. The fourth-order valence-electron chi connectivity index (χ4n) is 1.80. The smallest absolute Gasteiger partial charge is 0.255 e. The lowest BCUT2D eigenvalue weighted by Gasteiger charge is -2.11. The van der Waals surface area contributed by atoms with Crippen molar-refractivity contribution in [3.63, 3.8) is 0 Å². The van der Waals surface area contributed by atoms with Crippen LogP contribution in [0.1, 0.15) is 16.8 Å². The summed E-state index contributed by atoms with van der Waals surface area (Å²) in [6, 6.07) is 3.54. The molecule has 2 N–H and O–H groups in total. The minimum atomic E-state index is -0.868. The van der Waals surface area contributed by atoms with Crippen LogP contribution in [0.15, 0.2) is 22.7 Å². The van der Waals surface area contributed by atoms with Gasteiger partial charge in [0.2, 0.25) is 5.91 Å². The number of carbonyl (C=O) groups excluding carboxylic acids is 3. The Bertz CT molecular complexity index is 573. The SMILES string of the molecule is CN1C(=O)CC(NC(=O)c2ccc(Br)cc2O)C1=O. The molecule has 0 saturated carbocycles. The van der Waals surface area contributed by atoms with Crippen LogP contribution in [0.3, 0.4) is 0 Å². The Morgan fingerprint density at radius 3 is 2.68 bits per heavy atom. The molecule has 7 heteroatoms. The number of likely N-dealkylation sites (tertiary alicyclic amines) is 1. The number of phenolic OH excluding ortho intramolecular Hbond substituents is 1. The Labute approximate surface area is 117 Å². The Balaban J connectivity index is 2.14. The maximum absolute atomic E-state index is 11.9. The van der Waals surface area contributed by atoms with E-state index in [1.807, 2.05) is 0 Å². The third-order valence-electron chi connectivity index (χ3n) is 2.89. The first-order valence-electron chi connectivity index (χ1n) is 5.50. The van der Waals surface area contributed by atoms with Crippen molar-refractivity contribution in [2.75, 3.05) is 7.05 Å². The quantitative estimate of drug-likeness (QED) is 0.781. The predicted molar refractivity (Wildman–Crippen MR) is 69.5 cm³/mol. The monoisotopic (exact) mass is 326 g/mol. The summed E-state index contributed by atoms with van der Waals surface area (Å²) in [6.45, 7) is 0. The number of phenols is 1. The van der Waals surface area contributed by atoms with E-state index in [2.05, 4.69) is 21.2 Å². The van der Waals surface area contributed by atoms with Crippen LogP contribution in [0.4, 0.5) is 0 Å². The average molecular weight is 327 g/mol. The van der Waals surface area contributed by atoms with Crippen molar-refractivity contribution in [3.8, 4) is 5.75 Å². The van der Waals surface area contributed by atoms with Gasteiger partial charge in [0.25, 0.3) is 11.8 Å². The highest BCUT2D eigenvalue weighted by molar-refractivity contribution is 9.10. The number of likely N-dealkylation sites (N-methyl/N-ethyl adjacent to an activating group) is 1. The Morgan fingerprint density at radius 2 is 2.16 bits per heavy atom. The molecule has 19 heavy (non-hydrogen) atoms. The van der Waals surface area contributed by atoms with E-state index < -0.39 is 17.9 Å². The van der Waals surface area contributed by atoms with Crippen LogP contribution in [-0.4, -0.2) is 40.8 Å². The van der Waals surface area contributed by atoms with Crippen molar-refractivity contribution in [3.05, 3.63) is 28.2 Å². The second-order valence-electron chi connectivity index (χ2n) is 4.18. The first kappa shape index (κ1) is 13.5. The number of halogens is 1.